The number of hydrogen-bond acceptors (Lipinski definition) is 5. The maximum absolute atomic E-state index is 13.9. The summed E-state index contributed by atoms with van der Waals surface area (Å²) in [7, 11) is 0. The van der Waals surface area contributed by atoms with E-state index in [-0.39, 0.29) is 5.82 Å². The van der Waals surface area contributed by atoms with E-state index in [1.54, 1.807) is 12.4 Å². The van der Waals surface area contributed by atoms with E-state index >= 15 is 0 Å². The van der Waals surface area contributed by atoms with Crippen molar-refractivity contribution in [3.8, 4) is 11.3 Å². The fraction of sp³-hybridized carbons (Fsp3) is 0.536. The standard InChI is InChI=1S/C28H35FN6/c1-19-16-23(6-7-24(19)29)25-17-35(15-14-33-10-3-11-33)27(32-25)22-8-12-34(13-9-22)28-26(21-4-5-21)20(2)30-18-31-28/h6-7,16-18,21-22H,3-5,8-15H2,1-2H3. The van der Waals surface area contributed by atoms with Gasteiger partial charge in [-0.25, -0.2) is 19.3 Å². The van der Waals surface area contributed by atoms with Crippen LogP contribution in [-0.2, 0) is 6.54 Å². The molecule has 1 aliphatic carbocycles. The third-order valence-electron chi connectivity index (χ3n) is 8.07. The summed E-state index contributed by atoms with van der Waals surface area (Å²) in [6.07, 6.45) is 9.87. The first kappa shape index (κ1) is 22.7. The van der Waals surface area contributed by atoms with Crippen LogP contribution in [0, 0.1) is 19.7 Å². The molecule has 184 valence electrons. The number of rotatable bonds is 7. The minimum Gasteiger partial charge on any atom is -0.356 e. The minimum absolute atomic E-state index is 0.163. The molecule has 35 heavy (non-hydrogen) atoms. The summed E-state index contributed by atoms with van der Waals surface area (Å²) in [5, 5.41) is 0. The summed E-state index contributed by atoms with van der Waals surface area (Å²) in [5.74, 6) is 3.24. The fourth-order valence-electron chi connectivity index (χ4n) is 5.66. The van der Waals surface area contributed by atoms with Gasteiger partial charge in [-0.2, -0.15) is 0 Å². The SMILES string of the molecule is Cc1cc(-c2cn(CCN3CCC3)c(C3CCN(c4ncnc(C)c4C4CC4)CC3)n2)ccc1F. The maximum atomic E-state index is 13.9. The number of hydrogen-bond donors (Lipinski definition) is 0. The van der Waals surface area contributed by atoms with Crippen molar-refractivity contribution in [1.82, 2.24) is 24.4 Å². The lowest BCUT2D eigenvalue weighted by Gasteiger charge is -2.34. The van der Waals surface area contributed by atoms with Crippen LogP contribution in [0.3, 0.4) is 0 Å². The molecule has 2 aliphatic heterocycles. The van der Waals surface area contributed by atoms with Crippen molar-refractivity contribution in [2.75, 3.05) is 37.6 Å². The van der Waals surface area contributed by atoms with Gasteiger partial charge in [-0.3, -0.25) is 0 Å². The number of imidazole rings is 1. The number of aryl methyl sites for hydroxylation is 2. The molecular formula is C28H35FN6. The average molecular weight is 475 g/mol. The highest BCUT2D eigenvalue weighted by molar-refractivity contribution is 5.60. The molecule has 0 spiro atoms. The highest BCUT2D eigenvalue weighted by Crippen LogP contribution is 2.45. The van der Waals surface area contributed by atoms with Gasteiger partial charge in [0.15, 0.2) is 0 Å². The topological polar surface area (TPSA) is 50.1 Å². The molecule has 1 saturated carbocycles. The summed E-state index contributed by atoms with van der Waals surface area (Å²) in [4.78, 5) is 19.3. The Morgan fingerprint density at radius 2 is 1.74 bits per heavy atom. The Hall–Kier alpha value is -2.80. The molecule has 0 bridgehead atoms. The molecular weight excluding hydrogens is 439 g/mol. The van der Waals surface area contributed by atoms with E-state index in [4.69, 9.17) is 9.97 Å². The van der Waals surface area contributed by atoms with E-state index in [1.165, 1.54) is 43.7 Å². The van der Waals surface area contributed by atoms with Crippen LogP contribution in [0.2, 0.25) is 0 Å². The van der Waals surface area contributed by atoms with Crippen molar-refractivity contribution in [2.45, 2.75) is 64.3 Å². The molecule has 4 heterocycles. The quantitative estimate of drug-likeness (QED) is 0.479. The van der Waals surface area contributed by atoms with Crippen LogP contribution in [0.1, 0.15) is 66.6 Å². The Labute approximate surface area is 207 Å². The first-order chi connectivity index (χ1) is 17.1. The van der Waals surface area contributed by atoms with Crippen LogP contribution in [0.15, 0.2) is 30.7 Å². The minimum atomic E-state index is -0.163. The van der Waals surface area contributed by atoms with E-state index in [9.17, 15) is 4.39 Å². The Bertz CT molecular complexity index is 1200. The lowest BCUT2D eigenvalue weighted by atomic mass is 9.95. The van der Waals surface area contributed by atoms with Crippen LogP contribution < -0.4 is 4.90 Å². The van der Waals surface area contributed by atoms with Gasteiger partial charge >= 0.3 is 0 Å². The van der Waals surface area contributed by atoms with Gasteiger partial charge in [0, 0.05) is 55.1 Å². The van der Waals surface area contributed by atoms with Gasteiger partial charge in [0.05, 0.1) is 5.69 Å². The second kappa shape index (κ2) is 9.34. The molecule has 0 N–H and O–H groups in total. The van der Waals surface area contributed by atoms with Gasteiger partial charge in [0.2, 0.25) is 0 Å². The number of anilines is 1. The van der Waals surface area contributed by atoms with Gasteiger partial charge in [-0.15, -0.1) is 0 Å². The first-order valence-electron chi connectivity index (χ1n) is 13.2. The molecule has 3 aliphatic rings. The van der Waals surface area contributed by atoms with E-state index in [1.807, 2.05) is 19.1 Å². The summed E-state index contributed by atoms with van der Waals surface area (Å²) in [5.41, 5.74) is 5.13. The molecule has 2 aromatic heterocycles. The van der Waals surface area contributed by atoms with Gasteiger partial charge in [-0.05, 0) is 88.7 Å². The van der Waals surface area contributed by atoms with Crippen LogP contribution in [-0.4, -0.2) is 57.1 Å². The highest BCUT2D eigenvalue weighted by atomic mass is 19.1. The number of halogens is 1. The van der Waals surface area contributed by atoms with Gasteiger partial charge < -0.3 is 14.4 Å². The van der Waals surface area contributed by atoms with E-state index in [0.717, 1.165) is 61.8 Å². The molecule has 3 fully saturated rings. The monoisotopic (exact) mass is 474 g/mol. The summed E-state index contributed by atoms with van der Waals surface area (Å²) < 4.78 is 16.3. The van der Waals surface area contributed by atoms with Crippen molar-refractivity contribution in [2.24, 2.45) is 0 Å². The molecule has 7 heteroatoms. The van der Waals surface area contributed by atoms with Crippen LogP contribution >= 0.6 is 0 Å². The van der Waals surface area contributed by atoms with E-state index < -0.39 is 0 Å². The lowest BCUT2D eigenvalue weighted by molar-refractivity contribution is 0.173. The van der Waals surface area contributed by atoms with E-state index in [0.29, 0.717) is 17.4 Å². The molecule has 1 aromatic carbocycles. The van der Waals surface area contributed by atoms with Crippen molar-refractivity contribution < 1.29 is 4.39 Å². The number of piperidine rings is 1. The van der Waals surface area contributed by atoms with Crippen molar-refractivity contribution in [1.29, 1.82) is 0 Å². The molecule has 0 radical (unpaired) electrons. The summed E-state index contributed by atoms with van der Waals surface area (Å²) >= 11 is 0. The summed E-state index contributed by atoms with van der Waals surface area (Å²) in [6.45, 7) is 10.4. The Kier molecular flexibility index (Phi) is 6.04. The third kappa shape index (κ3) is 4.58. The molecule has 3 aromatic rings. The number of benzene rings is 1. The Morgan fingerprint density at radius 3 is 2.43 bits per heavy atom. The average Bonchev–Trinajstić information content (AvgIpc) is 3.58. The molecule has 6 nitrogen and oxygen atoms in total. The molecule has 0 amide bonds. The van der Waals surface area contributed by atoms with Gasteiger partial charge in [0.25, 0.3) is 0 Å². The van der Waals surface area contributed by atoms with Crippen LogP contribution in [0.4, 0.5) is 10.2 Å². The highest BCUT2D eigenvalue weighted by Gasteiger charge is 2.33. The van der Waals surface area contributed by atoms with Crippen molar-refractivity contribution in [3.05, 3.63) is 59.2 Å². The normalized spacial score (nSPS) is 19.2. The zero-order valence-electron chi connectivity index (χ0n) is 20.9. The zero-order chi connectivity index (χ0) is 23.9. The summed E-state index contributed by atoms with van der Waals surface area (Å²) in [6, 6.07) is 5.33. The van der Waals surface area contributed by atoms with Crippen molar-refractivity contribution in [3.63, 3.8) is 0 Å². The number of aromatic nitrogens is 4. The zero-order valence-corrected chi connectivity index (χ0v) is 20.9. The van der Waals surface area contributed by atoms with Crippen LogP contribution in [0.5, 0.6) is 0 Å². The largest absolute Gasteiger partial charge is 0.356 e. The van der Waals surface area contributed by atoms with Crippen LogP contribution in [0.25, 0.3) is 11.3 Å². The second-order valence-corrected chi connectivity index (χ2v) is 10.6. The Balaban J connectivity index is 1.23. The maximum Gasteiger partial charge on any atom is 0.135 e. The molecule has 6 rings (SSSR count). The smallest absolute Gasteiger partial charge is 0.135 e. The third-order valence-corrected chi connectivity index (χ3v) is 8.07. The van der Waals surface area contributed by atoms with Gasteiger partial charge in [0.1, 0.15) is 23.8 Å². The van der Waals surface area contributed by atoms with E-state index in [2.05, 4.69) is 32.5 Å². The number of nitrogens with zero attached hydrogens (tertiary/aromatic N) is 6. The number of likely N-dealkylation sites (tertiary alicyclic amines) is 1. The molecule has 0 unspecified atom stereocenters. The second-order valence-electron chi connectivity index (χ2n) is 10.6. The first-order valence-corrected chi connectivity index (χ1v) is 13.2. The molecule has 2 saturated heterocycles. The molecule has 0 atom stereocenters. The Morgan fingerprint density at radius 1 is 0.943 bits per heavy atom. The van der Waals surface area contributed by atoms with Gasteiger partial charge in [-0.1, -0.05) is 0 Å². The predicted molar refractivity (Wildman–Crippen MR) is 136 cm³/mol. The van der Waals surface area contributed by atoms with Crippen molar-refractivity contribution >= 4 is 5.82 Å². The fourth-order valence-corrected chi connectivity index (χ4v) is 5.66. The predicted octanol–water partition coefficient (Wildman–Crippen LogP) is 5.06. The lowest BCUT2D eigenvalue weighted by Crippen LogP contribution is -2.39.